The zero-order chi connectivity index (χ0) is 14.7. The van der Waals surface area contributed by atoms with Gasteiger partial charge in [-0.2, -0.15) is 0 Å². The lowest BCUT2D eigenvalue weighted by molar-refractivity contribution is -0.193. The summed E-state index contributed by atoms with van der Waals surface area (Å²) in [5, 5.41) is 0.641. The molecule has 1 aromatic rings. The second-order valence-electron chi connectivity index (χ2n) is 5.27. The summed E-state index contributed by atoms with van der Waals surface area (Å²) in [6.07, 6.45) is 1.72. The standard InChI is InChI=1S/C15H18ClNO4/c16-12-2-4-13(5-3-12)19-10-14(18)17-7-1-6-15(11-17)20-8-9-21-15/h2-5H,1,6-11H2. The van der Waals surface area contributed by atoms with Gasteiger partial charge in [-0.1, -0.05) is 11.6 Å². The van der Waals surface area contributed by atoms with Gasteiger partial charge in [0.05, 0.1) is 19.8 Å². The van der Waals surface area contributed by atoms with E-state index in [1.54, 1.807) is 29.2 Å². The van der Waals surface area contributed by atoms with E-state index in [0.717, 1.165) is 19.4 Å². The van der Waals surface area contributed by atoms with Gasteiger partial charge in [-0.15, -0.1) is 0 Å². The average molecular weight is 312 g/mol. The minimum Gasteiger partial charge on any atom is -0.484 e. The number of hydrogen-bond donors (Lipinski definition) is 0. The number of halogens is 1. The van der Waals surface area contributed by atoms with Crippen LogP contribution in [0.5, 0.6) is 5.75 Å². The quantitative estimate of drug-likeness (QED) is 0.857. The van der Waals surface area contributed by atoms with Crippen molar-refractivity contribution in [3.05, 3.63) is 29.3 Å². The molecule has 0 unspecified atom stereocenters. The van der Waals surface area contributed by atoms with Gasteiger partial charge in [0.25, 0.3) is 5.91 Å². The molecule has 0 aliphatic carbocycles. The minimum absolute atomic E-state index is 0.0116. The zero-order valence-electron chi connectivity index (χ0n) is 11.7. The molecule has 0 atom stereocenters. The molecular weight excluding hydrogens is 294 g/mol. The fraction of sp³-hybridized carbons (Fsp3) is 0.533. The van der Waals surface area contributed by atoms with Crippen molar-refractivity contribution >= 4 is 17.5 Å². The molecule has 0 aromatic heterocycles. The number of carbonyl (C=O) groups excluding carboxylic acids is 1. The van der Waals surface area contributed by atoms with Crippen molar-refractivity contribution in [2.75, 3.05) is 32.9 Å². The van der Waals surface area contributed by atoms with E-state index in [0.29, 0.717) is 30.5 Å². The van der Waals surface area contributed by atoms with E-state index >= 15 is 0 Å². The molecule has 0 saturated carbocycles. The van der Waals surface area contributed by atoms with Crippen molar-refractivity contribution in [3.8, 4) is 5.75 Å². The molecule has 0 N–H and O–H groups in total. The molecule has 1 aromatic carbocycles. The zero-order valence-corrected chi connectivity index (χ0v) is 12.5. The summed E-state index contributed by atoms with van der Waals surface area (Å²) < 4.78 is 16.8. The Morgan fingerprint density at radius 1 is 1.29 bits per heavy atom. The Balaban J connectivity index is 1.54. The van der Waals surface area contributed by atoms with Crippen LogP contribution in [0.3, 0.4) is 0 Å². The van der Waals surface area contributed by atoms with E-state index in [2.05, 4.69) is 0 Å². The Labute approximate surface area is 128 Å². The van der Waals surface area contributed by atoms with Crippen molar-refractivity contribution in [2.24, 2.45) is 0 Å². The molecule has 2 fully saturated rings. The molecule has 2 saturated heterocycles. The predicted molar refractivity (Wildman–Crippen MR) is 77.4 cm³/mol. The van der Waals surface area contributed by atoms with Crippen molar-refractivity contribution < 1.29 is 19.0 Å². The maximum absolute atomic E-state index is 12.2. The molecule has 0 bridgehead atoms. The molecule has 5 nitrogen and oxygen atoms in total. The first-order chi connectivity index (χ1) is 10.2. The van der Waals surface area contributed by atoms with Crippen LogP contribution in [0.25, 0.3) is 0 Å². The normalized spacial score (nSPS) is 20.7. The Bertz CT molecular complexity index is 499. The van der Waals surface area contributed by atoms with Crippen LogP contribution in [0.1, 0.15) is 12.8 Å². The second-order valence-corrected chi connectivity index (χ2v) is 5.71. The van der Waals surface area contributed by atoms with Crippen LogP contribution in [0.15, 0.2) is 24.3 Å². The Hall–Kier alpha value is -1.30. The highest BCUT2D eigenvalue weighted by Crippen LogP contribution is 2.30. The van der Waals surface area contributed by atoms with Gasteiger partial charge in [0.1, 0.15) is 5.75 Å². The summed E-state index contributed by atoms with van der Waals surface area (Å²) in [6.45, 7) is 2.41. The number of nitrogens with zero attached hydrogens (tertiary/aromatic N) is 1. The van der Waals surface area contributed by atoms with Gasteiger partial charge in [0.15, 0.2) is 12.4 Å². The van der Waals surface area contributed by atoms with Gasteiger partial charge >= 0.3 is 0 Å². The largest absolute Gasteiger partial charge is 0.484 e. The highest BCUT2D eigenvalue weighted by molar-refractivity contribution is 6.30. The number of rotatable bonds is 3. The van der Waals surface area contributed by atoms with Crippen LogP contribution in [0.4, 0.5) is 0 Å². The summed E-state index contributed by atoms with van der Waals surface area (Å²) >= 11 is 5.81. The summed E-state index contributed by atoms with van der Waals surface area (Å²) in [5.41, 5.74) is 0. The fourth-order valence-electron chi connectivity index (χ4n) is 2.70. The fourth-order valence-corrected chi connectivity index (χ4v) is 2.83. The lowest BCUT2D eigenvalue weighted by Crippen LogP contribution is -2.52. The topological polar surface area (TPSA) is 48.0 Å². The van der Waals surface area contributed by atoms with Crippen LogP contribution < -0.4 is 4.74 Å². The van der Waals surface area contributed by atoms with E-state index in [4.69, 9.17) is 25.8 Å². The molecule has 2 aliphatic heterocycles. The van der Waals surface area contributed by atoms with Crippen LogP contribution in [-0.4, -0.2) is 49.5 Å². The van der Waals surface area contributed by atoms with Gasteiger partial charge in [-0.25, -0.2) is 0 Å². The number of benzene rings is 1. The van der Waals surface area contributed by atoms with E-state index < -0.39 is 5.79 Å². The maximum Gasteiger partial charge on any atom is 0.260 e. The number of carbonyl (C=O) groups is 1. The van der Waals surface area contributed by atoms with Gasteiger partial charge in [-0.3, -0.25) is 4.79 Å². The summed E-state index contributed by atoms with van der Waals surface area (Å²) in [5.74, 6) is -0.00951. The minimum atomic E-state index is -0.589. The number of piperidine rings is 1. The molecular formula is C15H18ClNO4. The Kier molecular flexibility index (Phi) is 4.33. The summed E-state index contributed by atoms with van der Waals surface area (Å²) in [7, 11) is 0. The third kappa shape index (κ3) is 3.48. The first-order valence-corrected chi connectivity index (χ1v) is 7.49. The van der Waals surface area contributed by atoms with Gasteiger partial charge < -0.3 is 19.1 Å². The molecule has 1 spiro atoms. The first kappa shape index (κ1) is 14.6. The second kappa shape index (κ2) is 6.22. The molecule has 1 amide bonds. The van der Waals surface area contributed by atoms with Gasteiger partial charge in [-0.05, 0) is 30.7 Å². The third-order valence-corrected chi connectivity index (χ3v) is 4.01. The van der Waals surface area contributed by atoms with Crippen molar-refractivity contribution in [3.63, 3.8) is 0 Å². The monoisotopic (exact) mass is 311 g/mol. The smallest absolute Gasteiger partial charge is 0.260 e. The van der Waals surface area contributed by atoms with E-state index in [-0.39, 0.29) is 12.5 Å². The molecule has 114 valence electrons. The van der Waals surface area contributed by atoms with Gasteiger partial charge in [0, 0.05) is 18.0 Å². The summed E-state index contributed by atoms with van der Waals surface area (Å²) in [4.78, 5) is 14.0. The maximum atomic E-state index is 12.2. The highest BCUT2D eigenvalue weighted by atomic mass is 35.5. The number of hydrogen-bond acceptors (Lipinski definition) is 4. The molecule has 21 heavy (non-hydrogen) atoms. The molecule has 2 heterocycles. The van der Waals surface area contributed by atoms with Crippen molar-refractivity contribution in [2.45, 2.75) is 18.6 Å². The van der Waals surface area contributed by atoms with E-state index in [1.807, 2.05) is 0 Å². The van der Waals surface area contributed by atoms with Crippen LogP contribution in [0.2, 0.25) is 5.02 Å². The number of amides is 1. The Morgan fingerprint density at radius 3 is 2.71 bits per heavy atom. The Morgan fingerprint density at radius 2 is 2.00 bits per heavy atom. The molecule has 2 aliphatic rings. The average Bonchev–Trinajstić information content (AvgIpc) is 2.94. The van der Waals surface area contributed by atoms with Crippen LogP contribution in [-0.2, 0) is 14.3 Å². The number of ether oxygens (including phenoxy) is 3. The SMILES string of the molecule is O=C(COc1ccc(Cl)cc1)N1CCCC2(C1)OCCO2. The summed E-state index contributed by atoms with van der Waals surface area (Å²) in [6, 6.07) is 6.96. The highest BCUT2D eigenvalue weighted by Gasteiger charge is 2.42. The van der Waals surface area contributed by atoms with Crippen LogP contribution >= 0.6 is 11.6 Å². The molecule has 0 radical (unpaired) electrons. The lowest BCUT2D eigenvalue weighted by Gasteiger charge is -2.38. The van der Waals surface area contributed by atoms with Crippen molar-refractivity contribution in [1.29, 1.82) is 0 Å². The van der Waals surface area contributed by atoms with Crippen molar-refractivity contribution in [1.82, 2.24) is 4.90 Å². The van der Waals surface area contributed by atoms with Crippen LogP contribution in [0, 0.1) is 0 Å². The number of likely N-dealkylation sites (tertiary alicyclic amines) is 1. The third-order valence-electron chi connectivity index (χ3n) is 3.76. The lowest BCUT2D eigenvalue weighted by atomic mass is 10.0. The van der Waals surface area contributed by atoms with E-state index in [1.165, 1.54) is 0 Å². The van der Waals surface area contributed by atoms with E-state index in [9.17, 15) is 4.79 Å². The molecule has 3 rings (SSSR count). The predicted octanol–water partition coefficient (Wildman–Crippen LogP) is 2.08. The molecule has 6 heteroatoms. The first-order valence-electron chi connectivity index (χ1n) is 7.11. The van der Waals surface area contributed by atoms with Gasteiger partial charge in [0.2, 0.25) is 0 Å².